The van der Waals surface area contributed by atoms with Gasteiger partial charge in [0, 0.05) is 12.1 Å². The summed E-state index contributed by atoms with van der Waals surface area (Å²) in [4.78, 5) is 0. The molecule has 5 heteroatoms. The molecule has 0 saturated heterocycles. The van der Waals surface area contributed by atoms with Crippen LogP contribution in [0.25, 0.3) is 0 Å². The van der Waals surface area contributed by atoms with Crippen molar-refractivity contribution in [3.63, 3.8) is 0 Å². The van der Waals surface area contributed by atoms with Gasteiger partial charge in [-0.2, -0.15) is 0 Å². The van der Waals surface area contributed by atoms with Crippen molar-refractivity contribution in [1.29, 1.82) is 0 Å². The molecule has 0 aliphatic carbocycles. The maximum absolute atomic E-state index is 9.21. The normalized spacial score (nSPS) is 10.8. The highest BCUT2D eigenvalue weighted by Crippen LogP contribution is 2.28. The fourth-order valence-corrected chi connectivity index (χ4v) is 1.55. The molecule has 0 spiro atoms. The van der Waals surface area contributed by atoms with Crippen LogP contribution in [0.2, 0.25) is 0 Å². The molecule has 1 rings (SSSR count). The molecular weight excluding hydrogens is 278 g/mol. The largest absolute Gasteiger partial charge is 0.493 e. The number of ether oxygens (including phenoxy) is 2. The summed E-state index contributed by atoms with van der Waals surface area (Å²) >= 11 is 0. The first-order valence-electron chi connectivity index (χ1n) is 6.68. The van der Waals surface area contributed by atoms with Gasteiger partial charge in [0.2, 0.25) is 0 Å². The summed E-state index contributed by atoms with van der Waals surface area (Å²) in [5.41, 5.74) is 0.812. The first-order chi connectivity index (χ1) is 9.02. The Hall–Kier alpha value is -0.970. The van der Waals surface area contributed by atoms with Crippen LogP contribution in [0.5, 0.6) is 11.5 Å². The van der Waals surface area contributed by atoms with Gasteiger partial charge in [0.05, 0.1) is 20.3 Å². The topological polar surface area (TPSA) is 50.7 Å². The number of hydrogen-bond acceptors (Lipinski definition) is 4. The lowest BCUT2D eigenvalue weighted by Crippen LogP contribution is -2.42. The molecule has 0 unspecified atom stereocenters. The standard InChI is InChI=1S/C15H25NO3.ClH/c1-5-8-19-13-7-6-12(9-14(13)18-4)10-16-15(2,3)11-17;/h6-7,9,16-17H,5,8,10-11H2,1-4H3;1H. The van der Waals surface area contributed by atoms with E-state index in [4.69, 9.17) is 9.47 Å². The highest BCUT2D eigenvalue weighted by molar-refractivity contribution is 5.85. The third kappa shape index (κ3) is 5.99. The van der Waals surface area contributed by atoms with E-state index in [0.717, 1.165) is 23.5 Å². The zero-order valence-corrected chi connectivity index (χ0v) is 13.5. The van der Waals surface area contributed by atoms with Gasteiger partial charge in [0.25, 0.3) is 0 Å². The van der Waals surface area contributed by atoms with E-state index < -0.39 is 0 Å². The molecule has 20 heavy (non-hydrogen) atoms. The summed E-state index contributed by atoms with van der Waals surface area (Å²) in [6.45, 7) is 7.46. The predicted octanol–water partition coefficient (Wildman–Crippen LogP) is 2.77. The van der Waals surface area contributed by atoms with Crippen LogP contribution < -0.4 is 14.8 Å². The lowest BCUT2D eigenvalue weighted by atomic mass is 10.1. The van der Waals surface area contributed by atoms with Gasteiger partial charge in [-0.15, -0.1) is 12.4 Å². The summed E-state index contributed by atoms with van der Waals surface area (Å²) in [6, 6.07) is 5.90. The molecule has 0 aliphatic rings. The van der Waals surface area contributed by atoms with E-state index in [1.165, 1.54) is 0 Å². The van der Waals surface area contributed by atoms with E-state index in [1.807, 2.05) is 32.0 Å². The fourth-order valence-electron chi connectivity index (χ4n) is 1.55. The zero-order chi connectivity index (χ0) is 14.3. The molecule has 0 radical (unpaired) electrons. The van der Waals surface area contributed by atoms with E-state index in [9.17, 15) is 5.11 Å². The van der Waals surface area contributed by atoms with Gasteiger partial charge in [-0.3, -0.25) is 0 Å². The summed E-state index contributed by atoms with van der Waals surface area (Å²) in [5.74, 6) is 1.52. The number of benzene rings is 1. The zero-order valence-electron chi connectivity index (χ0n) is 12.7. The third-order valence-corrected chi connectivity index (χ3v) is 2.86. The summed E-state index contributed by atoms with van der Waals surface area (Å²) in [6.07, 6.45) is 0.969. The Morgan fingerprint density at radius 2 is 1.95 bits per heavy atom. The lowest BCUT2D eigenvalue weighted by Gasteiger charge is -2.23. The summed E-state index contributed by atoms with van der Waals surface area (Å²) in [5, 5.41) is 12.5. The van der Waals surface area contributed by atoms with Crippen molar-refractivity contribution in [2.75, 3.05) is 20.3 Å². The molecule has 0 aliphatic heterocycles. The summed E-state index contributed by atoms with van der Waals surface area (Å²) in [7, 11) is 1.64. The third-order valence-electron chi connectivity index (χ3n) is 2.86. The van der Waals surface area contributed by atoms with E-state index in [1.54, 1.807) is 7.11 Å². The predicted molar refractivity (Wildman–Crippen MR) is 84.0 cm³/mol. The lowest BCUT2D eigenvalue weighted by molar-refractivity contribution is 0.187. The Balaban J connectivity index is 0.00000361. The van der Waals surface area contributed by atoms with Gasteiger partial charge in [0.1, 0.15) is 0 Å². The molecule has 0 fully saturated rings. The smallest absolute Gasteiger partial charge is 0.161 e. The van der Waals surface area contributed by atoms with Crippen LogP contribution in [-0.2, 0) is 6.54 Å². The van der Waals surface area contributed by atoms with Gasteiger partial charge >= 0.3 is 0 Å². The van der Waals surface area contributed by atoms with Crippen LogP contribution >= 0.6 is 12.4 Å². The second-order valence-corrected chi connectivity index (χ2v) is 5.23. The second kappa shape index (κ2) is 9.06. The van der Waals surface area contributed by atoms with Crippen molar-refractivity contribution in [3.8, 4) is 11.5 Å². The molecule has 0 saturated carbocycles. The molecule has 116 valence electrons. The van der Waals surface area contributed by atoms with Crippen LogP contribution in [0.15, 0.2) is 18.2 Å². The van der Waals surface area contributed by atoms with Crippen molar-refractivity contribution in [2.24, 2.45) is 0 Å². The van der Waals surface area contributed by atoms with Crippen LogP contribution in [0.1, 0.15) is 32.8 Å². The Kier molecular flexibility index (Phi) is 8.62. The van der Waals surface area contributed by atoms with Crippen molar-refractivity contribution < 1.29 is 14.6 Å². The van der Waals surface area contributed by atoms with Gasteiger partial charge in [0.15, 0.2) is 11.5 Å². The number of hydrogen-bond donors (Lipinski definition) is 2. The van der Waals surface area contributed by atoms with E-state index in [-0.39, 0.29) is 24.6 Å². The molecule has 4 nitrogen and oxygen atoms in total. The molecule has 2 N–H and O–H groups in total. The van der Waals surface area contributed by atoms with E-state index >= 15 is 0 Å². The van der Waals surface area contributed by atoms with Crippen LogP contribution in [-0.4, -0.2) is 31.0 Å². The maximum Gasteiger partial charge on any atom is 0.161 e. The number of aliphatic hydroxyl groups excluding tert-OH is 1. The average molecular weight is 304 g/mol. The monoisotopic (exact) mass is 303 g/mol. The van der Waals surface area contributed by atoms with Gasteiger partial charge < -0.3 is 19.9 Å². The van der Waals surface area contributed by atoms with E-state index in [2.05, 4.69) is 12.2 Å². The molecule has 1 aromatic rings. The van der Waals surface area contributed by atoms with Crippen molar-refractivity contribution in [3.05, 3.63) is 23.8 Å². The Bertz CT molecular complexity index is 397. The highest BCUT2D eigenvalue weighted by atomic mass is 35.5. The van der Waals surface area contributed by atoms with Crippen molar-refractivity contribution in [1.82, 2.24) is 5.32 Å². The minimum atomic E-state index is -0.287. The SMILES string of the molecule is CCCOc1ccc(CNC(C)(C)CO)cc1OC.Cl. The van der Waals surface area contributed by atoms with E-state index in [0.29, 0.717) is 13.2 Å². The average Bonchev–Trinajstić information content (AvgIpc) is 2.43. The summed E-state index contributed by atoms with van der Waals surface area (Å²) < 4.78 is 11.0. The molecule has 0 atom stereocenters. The number of aliphatic hydroxyl groups is 1. The first kappa shape index (κ1) is 19.0. The quantitative estimate of drug-likeness (QED) is 0.775. The molecule has 1 aromatic carbocycles. The van der Waals surface area contributed by atoms with Crippen molar-refractivity contribution >= 4 is 12.4 Å². The number of methoxy groups -OCH3 is 1. The van der Waals surface area contributed by atoms with Crippen LogP contribution in [0.3, 0.4) is 0 Å². The van der Waals surface area contributed by atoms with Crippen molar-refractivity contribution in [2.45, 2.75) is 39.3 Å². The van der Waals surface area contributed by atoms with Crippen LogP contribution in [0, 0.1) is 0 Å². The van der Waals surface area contributed by atoms with Gasteiger partial charge in [-0.1, -0.05) is 13.0 Å². The highest BCUT2D eigenvalue weighted by Gasteiger charge is 2.15. The minimum absolute atomic E-state index is 0. The fraction of sp³-hybridized carbons (Fsp3) is 0.600. The molecular formula is C15H26ClNO3. The first-order valence-corrected chi connectivity index (χ1v) is 6.68. The minimum Gasteiger partial charge on any atom is -0.493 e. The Labute approximate surface area is 127 Å². The number of nitrogens with one attached hydrogen (secondary N) is 1. The van der Waals surface area contributed by atoms with Gasteiger partial charge in [-0.05, 0) is 38.0 Å². The second-order valence-electron chi connectivity index (χ2n) is 5.23. The molecule has 0 bridgehead atoms. The maximum atomic E-state index is 9.21. The Morgan fingerprint density at radius 1 is 1.25 bits per heavy atom. The number of rotatable bonds is 8. The Morgan fingerprint density at radius 3 is 2.50 bits per heavy atom. The molecule has 0 aromatic heterocycles. The number of halogens is 1. The molecule has 0 heterocycles. The molecule has 0 amide bonds. The van der Waals surface area contributed by atoms with Gasteiger partial charge in [-0.25, -0.2) is 0 Å². The van der Waals surface area contributed by atoms with Crippen LogP contribution in [0.4, 0.5) is 0 Å².